The van der Waals surface area contributed by atoms with Crippen molar-refractivity contribution in [1.29, 1.82) is 15.8 Å². The number of benzene rings is 2. The highest BCUT2D eigenvalue weighted by atomic mass is 19.2. The highest BCUT2D eigenvalue weighted by molar-refractivity contribution is 5.81. The van der Waals surface area contributed by atoms with E-state index in [1.54, 1.807) is 0 Å². The zero-order chi connectivity index (χ0) is 26.6. The number of nitriles is 3. The van der Waals surface area contributed by atoms with Crippen molar-refractivity contribution in [2.75, 3.05) is 0 Å². The molecule has 0 saturated heterocycles. The first-order chi connectivity index (χ1) is 17.0. The predicted molar refractivity (Wildman–Crippen MR) is 108 cm³/mol. The summed E-state index contributed by atoms with van der Waals surface area (Å²) in [5, 5.41) is 23.9. The van der Waals surface area contributed by atoms with Crippen LogP contribution >= 0.6 is 0 Å². The second-order valence-electron chi connectivity index (χ2n) is 7.19. The summed E-state index contributed by atoms with van der Waals surface area (Å²) in [5.74, 6) is -11.5. The fraction of sp³-hybridized carbons (Fsp3) is 0.0909. The molecular formula is C22H6F6N8. The molecule has 36 heavy (non-hydrogen) atoms. The minimum Gasteiger partial charge on any atom is -0.333 e. The van der Waals surface area contributed by atoms with E-state index in [4.69, 9.17) is 22.4 Å². The standard InChI is InChI=1S/C22H6F6N8/c1-32-8(6-31)22-34-18-16(28)12(24)10(14(26)20(18)36(22)3)9-11(23)15(27)17-19(13(9)25)35(2)21(33-17)7(4-29)5-30/h2-3H3/b10-9+,22-8+. The number of nitrogens with zero attached hydrogens (tertiary/aromatic N) is 8. The molecule has 2 heterocycles. The molecule has 4 rings (SSSR count). The van der Waals surface area contributed by atoms with Crippen LogP contribution in [0.3, 0.4) is 0 Å². The summed E-state index contributed by atoms with van der Waals surface area (Å²) in [7, 11) is 2.08. The van der Waals surface area contributed by atoms with Crippen LogP contribution in [0.5, 0.6) is 0 Å². The van der Waals surface area contributed by atoms with Gasteiger partial charge in [-0.05, 0) is 0 Å². The summed E-state index contributed by atoms with van der Waals surface area (Å²) in [4.78, 5) is 10.0. The molecule has 0 aliphatic heterocycles. The fourth-order valence-corrected chi connectivity index (χ4v) is 3.79. The quantitative estimate of drug-likeness (QED) is 0.211. The minimum absolute atomic E-state index is 0.549. The van der Waals surface area contributed by atoms with Crippen molar-refractivity contribution < 1.29 is 26.3 Å². The van der Waals surface area contributed by atoms with E-state index < -0.39 is 89.6 Å². The lowest BCUT2D eigenvalue weighted by Gasteiger charge is -2.06. The van der Waals surface area contributed by atoms with E-state index in [2.05, 4.69) is 14.8 Å². The molecule has 0 aliphatic carbocycles. The molecule has 0 aliphatic rings. The van der Waals surface area contributed by atoms with Gasteiger partial charge >= 0.3 is 5.70 Å². The summed E-state index contributed by atoms with van der Waals surface area (Å²) >= 11 is 0. The molecule has 0 amide bonds. The Bertz CT molecular complexity index is 1900. The third-order valence-corrected chi connectivity index (χ3v) is 5.41. The number of halogens is 6. The first-order valence-electron chi connectivity index (χ1n) is 9.44. The largest absolute Gasteiger partial charge is 0.333 e. The Balaban J connectivity index is 2.45. The average Bonchev–Trinajstić information content (AvgIpc) is 3.38. The van der Waals surface area contributed by atoms with Crippen molar-refractivity contribution in [3.63, 3.8) is 0 Å². The molecule has 176 valence electrons. The Morgan fingerprint density at radius 1 is 0.694 bits per heavy atom. The van der Waals surface area contributed by atoms with Crippen LogP contribution in [0.4, 0.5) is 26.3 Å². The first-order valence-corrected chi connectivity index (χ1v) is 9.44. The normalized spacial score (nSPS) is 12.7. The molecule has 4 aromatic rings. The van der Waals surface area contributed by atoms with Gasteiger partial charge in [0, 0.05) is 14.1 Å². The number of fused-ring (bicyclic) bond motifs is 2. The van der Waals surface area contributed by atoms with E-state index >= 15 is 17.6 Å². The van der Waals surface area contributed by atoms with Gasteiger partial charge in [0.25, 0.3) is 0 Å². The maximum absolute atomic E-state index is 15.6. The molecular weight excluding hydrogens is 490 g/mol. The van der Waals surface area contributed by atoms with Gasteiger partial charge < -0.3 is 9.13 Å². The Morgan fingerprint density at radius 2 is 1.11 bits per heavy atom. The van der Waals surface area contributed by atoms with Crippen LogP contribution in [0.15, 0.2) is 0 Å². The van der Waals surface area contributed by atoms with Crippen LogP contribution in [0.1, 0.15) is 0 Å². The highest BCUT2D eigenvalue weighted by Gasteiger charge is 2.27. The van der Waals surface area contributed by atoms with E-state index in [1.165, 1.54) is 18.2 Å². The van der Waals surface area contributed by atoms with Crippen molar-refractivity contribution in [1.82, 2.24) is 19.1 Å². The highest BCUT2D eigenvalue weighted by Crippen LogP contribution is 2.28. The second-order valence-corrected chi connectivity index (χ2v) is 7.19. The molecule has 2 aromatic carbocycles. The number of rotatable bonds is 0. The number of hydrogen-bond acceptors (Lipinski definition) is 5. The van der Waals surface area contributed by atoms with Crippen LogP contribution in [-0.2, 0) is 14.1 Å². The summed E-state index contributed by atoms with van der Waals surface area (Å²) in [6.45, 7) is 6.99. The lowest BCUT2D eigenvalue weighted by atomic mass is 10.1. The maximum Gasteiger partial charge on any atom is 0.303 e. The molecule has 0 N–H and O–H groups in total. The van der Waals surface area contributed by atoms with E-state index in [0.717, 1.165) is 14.1 Å². The first kappa shape index (κ1) is 23.8. The van der Waals surface area contributed by atoms with E-state index in [9.17, 15) is 8.78 Å². The molecule has 0 atom stereocenters. The Kier molecular flexibility index (Phi) is 5.39. The maximum atomic E-state index is 15.6. The fourth-order valence-electron chi connectivity index (χ4n) is 3.79. The summed E-state index contributed by atoms with van der Waals surface area (Å²) < 4.78 is 92.5. The SMILES string of the molecule is [C-]#[N+]/C(C#N)=c1\nc2c(F)c(F)/c(=c3/c(F)c(F)c4nc(=C(C#N)C#N)n(C)c4c3F)c(F)c2n1C. The van der Waals surface area contributed by atoms with Crippen molar-refractivity contribution in [2.45, 2.75) is 0 Å². The predicted octanol–water partition coefficient (Wildman–Crippen LogP) is 2.33. The summed E-state index contributed by atoms with van der Waals surface area (Å²) in [6, 6.07) is 4.36. The van der Waals surface area contributed by atoms with Gasteiger partial charge in [-0.25, -0.2) is 46.4 Å². The zero-order valence-electron chi connectivity index (χ0n) is 17.8. The van der Waals surface area contributed by atoms with E-state index in [1.807, 2.05) is 0 Å². The van der Waals surface area contributed by atoms with Gasteiger partial charge in [-0.3, -0.25) is 0 Å². The lowest BCUT2D eigenvalue weighted by molar-refractivity contribution is 0.477. The van der Waals surface area contributed by atoms with Crippen LogP contribution in [0.2, 0.25) is 0 Å². The lowest BCUT2D eigenvalue weighted by Crippen LogP contribution is -2.18. The smallest absolute Gasteiger partial charge is 0.303 e. The monoisotopic (exact) mass is 496 g/mol. The van der Waals surface area contributed by atoms with Gasteiger partial charge in [-0.2, -0.15) is 10.5 Å². The van der Waals surface area contributed by atoms with Crippen LogP contribution in [-0.4, -0.2) is 19.1 Å². The minimum atomic E-state index is -2.12. The summed E-state index contributed by atoms with van der Waals surface area (Å²) in [6.07, 6.45) is 0. The topological polar surface area (TPSA) is 111 Å². The van der Waals surface area contributed by atoms with Gasteiger partial charge in [0.1, 0.15) is 34.2 Å². The van der Waals surface area contributed by atoms with Crippen LogP contribution in [0.25, 0.3) is 38.2 Å². The molecule has 14 heteroatoms. The Hall–Kier alpha value is -5.34. The average molecular weight is 496 g/mol. The van der Waals surface area contributed by atoms with Gasteiger partial charge in [-0.15, -0.1) is 0 Å². The molecule has 0 saturated carbocycles. The van der Waals surface area contributed by atoms with Crippen LogP contribution < -0.4 is 11.0 Å². The van der Waals surface area contributed by atoms with Gasteiger partial charge in [0.05, 0.1) is 23.1 Å². The van der Waals surface area contributed by atoms with E-state index in [0.29, 0.717) is 9.13 Å². The van der Waals surface area contributed by atoms with Crippen molar-refractivity contribution in [2.24, 2.45) is 14.1 Å². The van der Waals surface area contributed by atoms with E-state index in [-0.39, 0.29) is 0 Å². The van der Waals surface area contributed by atoms with Gasteiger partial charge in [-0.1, -0.05) is 0 Å². The zero-order valence-corrected chi connectivity index (χ0v) is 17.8. The molecule has 0 spiro atoms. The summed E-state index contributed by atoms with van der Waals surface area (Å²) in [5.41, 5.74) is -6.17. The van der Waals surface area contributed by atoms with Gasteiger partial charge in [0.2, 0.25) is 0 Å². The number of aryl methyl sites for hydroxylation is 2. The molecule has 2 aromatic heterocycles. The number of aromatic nitrogens is 4. The molecule has 0 unspecified atom stereocenters. The molecule has 0 radical (unpaired) electrons. The Morgan fingerprint density at radius 3 is 1.50 bits per heavy atom. The third kappa shape index (κ3) is 2.92. The third-order valence-electron chi connectivity index (χ3n) is 5.41. The molecule has 0 bridgehead atoms. The number of hydrogen-bond donors (Lipinski definition) is 0. The molecule has 0 fully saturated rings. The number of imidazole rings is 2. The second kappa shape index (κ2) is 8.15. The molecule has 8 nitrogen and oxygen atoms in total. The van der Waals surface area contributed by atoms with Crippen molar-refractivity contribution in [3.05, 3.63) is 67.7 Å². The Labute approximate surface area is 195 Å². The van der Waals surface area contributed by atoms with Crippen LogP contribution in [0, 0.1) is 85.9 Å². The van der Waals surface area contributed by atoms with Crippen molar-refractivity contribution >= 4 is 33.3 Å². The van der Waals surface area contributed by atoms with Crippen molar-refractivity contribution in [3.8, 4) is 18.2 Å². The van der Waals surface area contributed by atoms with Gasteiger partial charge in [0.15, 0.2) is 51.4 Å².